The topological polar surface area (TPSA) is 85.8 Å². The molecule has 184 valence electrons. The fourth-order valence-electron chi connectivity index (χ4n) is 4.28. The van der Waals surface area contributed by atoms with E-state index in [4.69, 9.17) is 0 Å². The van der Waals surface area contributed by atoms with Crippen LogP contribution in [0.5, 0.6) is 0 Å². The molecule has 0 saturated carbocycles. The first-order valence-corrected chi connectivity index (χ1v) is 11.1. The first-order valence-electron chi connectivity index (χ1n) is 11.1. The van der Waals surface area contributed by atoms with Gasteiger partial charge in [-0.15, -0.1) is 0 Å². The van der Waals surface area contributed by atoms with E-state index in [2.05, 4.69) is 15.0 Å². The molecule has 0 amide bonds. The normalized spacial score (nSPS) is 12.6. The molecule has 10 heteroatoms. The van der Waals surface area contributed by atoms with Crippen molar-refractivity contribution in [2.45, 2.75) is 32.5 Å². The smallest absolute Gasteiger partial charge is 0.386 e. The van der Waals surface area contributed by atoms with Gasteiger partial charge < -0.3 is 5.11 Å². The molecule has 5 rings (SSSR count). The zero-order chi connectivity index (χ0) is 26.0. The second-order valence-corrected chi connectivity index (χ2v) is 9.22. The third-order valence-corrected chi connectivity index (χ3v) is 6.25. The molecule has 0 bridgehead atoms. The molecule has 0 aliphatic rings. The summed E-state index contributed by atoms with van der Waals surface area (Å²) in [5.41, 5.74) is 1.59. The molecule has 7 nitrogen and oxygen atoms in total. The lowest BCUT2D eigenvalue weighted by atomic mass is 9.96. The molecule has 0 unspecified atom stereocenters. The molecule has 0 radical (unpaired) electrons. The van der Waals surface area contributed by atoms with Gasteiger partial charge in [-0.05, 0) is 56.7 Å². The molecule has 36 heavy (non-hydrogen) atoms. The van der Waals surface area contributed by atoms with Crippen LogP contribution in [0.2, 0.25) is 0 Å². The van der Waals surface area contributed by atoms with Gasteiger partial charge in [0.05, 0.1) is 39.7 Å². The van der Waals surface area contributed by atoms with Crippen LogP contribution in [0.3, 0.4) is 0 Å². The van der Waals surface area contributed by atoms with E-state index in [1.165, 1.54) is 22.1 Å². The van der Waals surface area contributed by atoms with Crippen molar-refractivity contribution in [3.05, 3.63) is 82.4 Å². The zero-order valence-electron chi connectivity index (χ0n) is 19.9. The van der Waals surface area contributed by atoms with Gasteiger partial charge in [-0.2, -0.15) is 13.2 Å². The first kappa shape index (κ1) is 23.7. The summed E-state index contributed by atoms with van der Waals surface area (Å²) in [4.78, 5) is 25.7. The van der Waals surface area contributed by atoms with Crippen LogP contribution in [0.4, 0.5) is 13.2 Å². The van der Waals surface area contributed by atoms with Crippen molar-refractivity contribution in [3.63, 3.8) is 0 Å². The highest BCUT2D eigenvalue weighted by molar-refractivity contribution is 6.04. The lowest BCUT2D eigenvalue weighted by Crippen LogP contribution is -2.22. The Balaban J connectivity index is 1.80. The summed E-state index contributed by atoms with van der Waals surface area (Å²) in [5, 5.41) is 11.0. The molecular formula is C26H22F3N5O2. The zero-order valence-corrected chi connectivity index (χ0v) is 19.9. The standard InChI is InChI=1S/C26H22F3N5O2/c1-14-20(7-8-22(32-14)26(27,28)29)34-23-18-10-15(16-9-17(12-30-11-16)25(2,3)36)5-6-19(18)31-13-21(23)33(4)24(34)35/h5-13,36H,1-4H3. The number of aliphatic hydroxyl groups is 1. The quantitative estimate of drug-likeness (QED) is 0.387. The Morgan fingerprint density at radius 3 is 2.39 bits per heavy atom. The second kappa shape index (κ2) is 7.99. The molecule has 4 heterocycles. The molecule has 0 aliphatic carbocycles. The van der Waals surface area contributed by atoms with E-state index in [1.807, 2.05) is 18.2 Å². The minimum absolute atomic E-state index is 0.0719. The number of nitrogens with zero attached hydrogens (tertiary/aromatic N) is 5. The van der Waals surface area contributed by atoms with Crippen LogP contribution in [-0.4, -0.2) is 29.2 Å². The van der Waals surface area contributed by atoms with Gasteiger partial charge in [-0.25, -0.2) is 9.78 Å². The van der Waals surface area contributed by atoms with Gasteiger partial charge in [-0.1, -0.05) is 6.07 Å². The number of imidazole rings is 1. The Kier molecular flexibility index (Phi) is 5.26. The van der Waals surface area contributed by atoms with Crippen LogP contribution >= 0.6 is 0 Å². The Hall–Kier alpha value is -4.05. The number of fused-ring (bicyclic) bond motifs is 3. The summed E-state index contributed by atoms with van der Waals surface area (Å²) < 4.78 is 42.3. The summed E-state index contributed by atoms with van der Waals surface area (Å²) in [7, 11) is 1.59. The van der Waals surface area contributed by atoms with E-state index < -0.39 is 23.2 Å². The fraction of sp³-hybridized carbons (Fsp3) is 0.231. The van der Waals surface area contributed by atoms with Gasteiger partial charge in [0.25, 0.3) is 0 Å². The van der Waals surface area contributed by atoms with Crippen molar-refractivity contribution < 1.29 is 18.3 Å². The summed E-state index contributed by atoms with van der Waals surface area (Å²) >= 11 is 0. The molecule has 1 aromatic carbocycles. The van der Waals surface area contributed by atoms with E-state index >= 15 is 0 Å². The SMILES string of the molecule is Cc1nc(C(F)(F)F)ccc1-n1c(=O)n(C)c2cnc3ccc(-c4cncc(C(C)(C)O)c4)cc3c21. The summed E-state index contributed by atoms with van der Waals surface area (Å²) in [6.07, 6.45) is 0.244. The van der Waals surface area contributed by atoms with Crippen LogP contribution in [0.25, 0.3) is 38.8 Å². The van der Waals surface area contributed by atoms with E-state index in [1.54, 1.807) is 45.6 Å². The number of aromatic nitrogens is 5. The van der Waals surface area contributed by atoms with Crippen molar-refractivity contribution in [2.24, 2.45) is 7.05 Å². The van der Waals surface area contributed by atoms with Crippen molar-refractivity contribution in [1.29, 1.82) is 0 Å². The maximum Gasteiger partial charge on any atom is 0.433 e. The molecule has 1 N–H and O–H groups in total. The Morgan fingerprint density at radius 2 is 1.72 bits per heavy atom. The van der Waals surface area contributed by atoms with Gasteiger partial charge in [-0.3, -0.25) is 19.1 Å². The Bertz CT molecular complexity index is 1710. The minimum atomic E-state index is -4.59. The van der Waals surface area contributed by atoms with Crippen molar-refractivity contribution in [2.75, 3.05) is 0 Å². The number of benzene rings is 1. The van der Waals surface area contributed by atoms with Crippen LogP contribution in [0.1, 0.15) is 30.8 Å². The largest absolute Gasteiger partial charge is 0.433 e. The third kappa shape index (κ3) is 3.83. The molecule has 0 atom stereocenters. The summed E-state index contributed by atoms with van der Waals surface area (Å²) in [6, 6.07) is 9.50. The Morgan fingerprint density at radius 1 is 0.972 bits per heavy atom. The molecule has 5 aromatic rings. The van der Waals surface area contributed by atoms with Gasteiger partial charge in [0.2, 0.25) is 0 Å². The minimum Gasteiger partial charge on any atom is -0.386 e. The molecule has 0 spiro atoms. The molecule has 4 aromatic heterocycles. The fourth-order valence-corrected chi connectivity index (χ4v) is 4.28. The number of aryl methyl sites for hydroxylation is 2. The molecule has 0 fully saturated rings. The summed E-state index contributed by atoms with van der Waals surface area (Å²) in [5.74, 6) is 0. The highest BCUT2D eigenvalue weighted by atomic mass is 19.4. The predicted molar refractivity (Wildman–Crippen MR) is 130 cm³/mol. The van der Waals surface area contributed by atoms with Gasteiger partial charge in [0.1, 0.15) is 5.69 Å². The molecular weight excluding hydrogens is 471 g/mol. The lowest BCUT2D eigenvalue weighted by Gasteiger charge is -2.18. The van der Waals surface area contributed by atoms with Gasteiger partial charge >= 0.3 is 11.9 Å². The van der Waals surface area contributed by atoms with Crippen molar-refractivity contribution >= 4 is 21.9 Å². The monoisotopic (exact) mass is 493 g/mol. The average molecular weight is 493 g/mol. The lowest BCUT2D eigenvalue weighted by molar-refractivity contribution is -0.141. The molecule has 0 saturated heterocycles. The van der Waals surface area contributed by atoms with Gasteiger partial charge in [0, 0.05) is 36.0 Å². The van der Waals surface area contributed by atoms with Crippen LogP contribution in [-0.2, 0) is 18.8 Å². The Labute approximate surface area is 203 Å². The third-order valence-electron chi connectivity index (χ3n) is 6.25. The average Bonchev–Trinajstić information content (AvgIpc) is 3.08. The predicted octanol–water partition coefficient (Wildman–Crippen LogP) is 4.89. The van der Waals surface area contributed by atoms with E-state index in [0.717, 1.165) is 17.2 Å². The number of hydrogen-bond acceptors (Lipinski definition) is 5. The van der Waals surface area contributed by atoms with Gasteiger partial charge in [0.15, 0.2) is 0 Å². The number of alkyl halides is 3. The van der Waals surface area contributed by atoms with Crippen molar-refractivity contribution in [3.8, 4) is 16.8 Å². The maximum absolute atomic E-state index is 13.3. The van der Waals surface area contributed by atoms with Crippen LogP contribution in [0.15, 0.2) is 59.8 Å². The van der Waals surface area contributed by atoms with Crippen molar-refractivity contribution in [1.82, 2.24) is 24.1 Å². The number of hydrogen-bond donors (Lipinski definition) is 1. The summed E-state index contributed by atoms with van der Waals surface area (Å²) in [6.45, 7) is 4.79. The number of halogens is 3. The maximum atomic E-state index is 13.3. The molecule has 0 aliphatic heterocycles. The highest BCUT2D eigenvalue weighted by Crippen LogP contribution is 2.33. The van der Waals surface area contributed by atoms with E-state index in [-0.39, 0.29) is 11.4 Å². The van der Waals surface area contributed by atoms with Crippen LogP contribution < -0.4 is 5.69 Å². The number of rotatable bonds is 3. The first-order chi connectivity index (χ1) is 16.9. The van der Waals surface area contributed by atoms with E-state index in [9.17, 15) is 23.1 Å². The van der Waals surface area contributed by atoms with Crippen LogP contribution in [0, 0.1) is 6.92 Å². The number of pyridine rings is 3. The second-order valence-electron chi connectivity index (χ2n) is 9.22. The highest BCUT2D eigenvalue weighted by Gasteiger charge is 2.33. The van der Waals surface area contributed by atoms with E-state index in [0.29, 0.717) is 27.5 Å².